The van der Waals surface area contributed by atoms with E-state index in [1.807, 2.05) is 12.1 Å². The van der Waals surface area contributed by atoms with Crippen molar-refractivity contribution in [1.29, 1.82) is 0 Å². The number of nitrogens with one attached hydrogen (secondary N) is 1. The van der Waals surface area contributed by atoms with Crippen molar-refractivity contribution < 1.29 is 9.18 Å². The van der Waals surface area contributed by atoms with Crippen LogP contribution >= 0.6 is 0 Å². The van der Waals surface area contributed by atoms with E-state index < -0.39 is 0 Å². The van der Waals surface area contributed by atoms with Crippen molar-refractivity contribution in [2.75, 3.05) is 0 Å². The first-order valence-electron chi connectivity index (χ1n) is 8.28. The van der Waals surface area contributed by atoms with Crippen LogP contribution in [0.25, 0.3) is 11.1 Å². The SMILES string of the molecule is O=C(NC1Cc2cccc(-c3ccncc3)c2C1)c1ccc(F)cc1. The minimum Gasteiger partial charge on any atom is -0.349 e. The van der Waals surface area contributed by atoms with Crippen LogP contribution in [0.5, 0.6) is 0 Å². The Balaban J connectivity index is 1.54. The number of amides is 1. The lowest BCUT2D eigenvalue weighted by atomic mass is 9.98. The largest absolute Gasteiger partial charge is 0.349 e. The van der Waals surface area contributed by atoms with E-state index in [9.17, 15) is 9.18 Å². The van der Waals surface area contributed by atoms with E-state index >= 15 is 0 Å². The summed E-state index contributed by atoms with van der Waals surface area (Å²) in [5, 5.41) is 3.07. The summed E-state index contributed by atoms with van der Waals surface area (Å²) in [6.07, 6.45) is 5.18. The van der Waals surface area contributed by atoms with E-state index in [1.165, 1.54) is 41.0 Å². The van der Waals surface area contributed by atoms with Gasteiger partial charge in [-0.25, -0.2) is 4.39 Å². The van der Waals surface area contributed by atoms with Gasteiger partial charge >= 0.3 is 0 Å². The molecule has 1 heterocycles. The highest BCUT2D eigenvalue weighted by Gasteiger charge is 2.25. The van der Waals surface area contributed by atoms with Gasteiger partial charge in [-0.05, 0) is 71.5 Å². The van der Waals surface area contributed by atoms with Gasteiger partial charge in [0.2, 0.25) is 0 Å². The van der Waals surface area contributed by atoms with E-state index in [0.29, 0.717) is 5.56 Å². The van der Waals surface area contributed by atoms with Gasteiger partial charge in [-0.2, -0.15) is 0 Å². The molecule has 3 aromatic rings. The number of hydrogen-bond donors (Lipinski definition) is 1. The van der Waals surface area contributed by atoms with Crippen molar-refractivity contribution in [3.63, 3.8) is 0 Å². The first-order chi connectivity index (χ1) is 12.2. The lowest BCUT2D eigenvalue weighted by Crippen LogP contribution is -2.35. The molecule has 2 aromatic carbocycles. The second-order valence-electron chi connectivity index (χ2n) is 6.26. The van der Waals surface area contributed by atoms with Crippen molar-refractivity contribution in [2.45, 2.75) is 18.9 Å². The second-order valence-corrected chi connectivity index (χ2v) is 6.26. The average molecular weight is 332 g/mol. The zero-order valence-electron chi connectivity index (χ0n) is 13.6. The molecule has 0 saturated carbocycles. The molecule has 4 heteroatoms. The predicted octanol–water partition coefficient (Wildman–Crippen LogP) is 3.78. The Morgan fingerprint density at radius 1 is 1.00 bits per heavy atom. The highest BCUT2D eigenvalue weighted by atomic mass is 19.1. The summed E-state index contributed by atoms with van der Waals surface area (Å²) in [5.74, 6) is -0.505. The van der Waals surface area contributed by atoms with Crippen LogP contribution in [0.1, 0.15) is 21.5 Å². The van der Waals surface area contributed by atoms with Crippen LogP contribution in [0.2, 0.25) is 0 Å². The number of carbonyl (C=O) groups is 1. The Hall–Kier alpha value is -3.01. The Labute approximate surface area is 145 Å². The van der Waals surface area contributed by atoms with Gasteiger partial charge in [-0.15, -0.1) is 0 Å². The van der Waals surface area contributed by atoms with Crippen LogP contribution < -0.4 is 5.32 Å². The minimum atomic E-state index is -0.341. The Kier molecular flexibility index (Phi) is 4.02. The first-order valence-corrected chi connectivity index (χ1v) is 8.28. The molecule has 1 atom stereocenters. The molecule has 1 aromatic heterocycles. The van der Waals surface area contributed by atoms with Gasteiger partial charge in [0, 0.05) is 24.0 Å². The summed E-state index contributed by atoms with van der Waals surface area (Å²) in [6.45, 7) is 0. The van der Waals surface area contributed by atoms with Crippen LogP contribution in [0.15, 0.2) is 67.0 Å². The molecule has 124 valence electrons. The fraction of sp³-hybridized carbons (Fsp3) is 0.143. The van der Waals surface area contributed by atoms with Crippen LogP contribution in [0.4, 0.5) is 4.39 Å². The summed E-state index contributed by atoms with van der Waals surface area (Å²) in [7, 11) is 0. The van der Waals surface area contributed by atoms with E-state index in [1.54, 1.807) is 12.4 Å². The number of nitrogens with zero attached hydrogens (tertiary/aromatic N) is 1. The van der Waals surface area contributed by atoms with Gasteiger partial charge < -0.3 is 5.32 Å². The molecule has 1 N–H and O–H groups in total. The first kappa shape index (κ1) is 15.5. The number of carbonyl (C=O) groups excluding carboxylic acids is 1. The highest BCUT2D eigenvalue weighted by molar-refractivity contribution is 5.94. The predicted molar refractivity (Wildman–Crippen MR) is 94.7 cm³/mol. The number of fused-ring (bicyclic) bond motifs is 1. The molecule has 0 aliphatic heterocycles. The third-order valence-corrected chi connectivity index (χ3v) is 4.62. The van der Waals surface area contributed by atoms with E-state index in [2.05, 4.69) is 28.5 Å². The third kappa shape index (κ3) is 3.15. The number of benzene rings is 2. The molecule has 25 heavy (non-hydrogen) atoms. The summed E-state index contributed by atoms with van der Waals surface area (Å²) in [5.41, 5.74) is 5.35. The molecule has 0 saturated heterocycles. The van der Waals surface area contributed by atoms with Crippen LogP contribution in [-0.2, 0) is 12.8 Å². The van der Waals surface area contributed by atoms with E-state index in [-0.39, 0.29) is 17.8 Å². The quantitative estimate of drug-likeness (QED) is 0.793. The molecule has 4 rings (SSSR count). The van der Waals surface area contributed by atoms with Gasteiger partial charge in [0.25, 0.3) is 5.91 Å². The maximum absolute atomic E-state index is 13.0. The maximum Gasteiger partial charge on any atom is 0.251 e. The van der Waals surface area contributed by atoms with Crippen molar-refractivity contribution in [3.8, 4) is 11.1 Å². The van der Waals surface area contributed by atoms with Crippen molar-refractivity contribution in [3.05, 3.63) is 89.5 Å². The van der Waals surface area contributed by atoms with Gasteiger partial charge in [0.05, 0.1) is 0 Å². The Bertz CT molecular complexity index is 907. The molecular formula is C21H17FN2O. The standard InChI is InChI=1S/C21H17FN2O/c22-17-6-4-15(5-7-17)21(25)24-18-12-16-2-1-3-19(20(16)13-18)14-8-10-23-11-9-14/h1-11,18H,12-13H2,(H,24,25). The van der Waals surface area contributed by atoms with Crippen LogP contribution in [0.3, 0.4) is 0 Å². The number of rotatable bonds is 3. The number of aromatic nitrogens is 1. The molecule has 0 spiro atoms. The summed E-state index contributed by atoms with van der Waals surface area (Å²) < 4.78 is 13.0. The van der Waals surface area contributed by atoms with Gasteiger partial charge in [-0.1, -0.05) is 18.2 Å². The monoisotopic (exact) mass is 332 g/mol. The van der Waals surface area contributed by atoms with Crippen molar-refractivity contribution >= 4 is 5.91 Å². The zero-order valence-corrected chi connectivity index (χ0v) is 13.6. The summed E-state index contributed by atoms with van der Waals surface area (Å²) >= 11 is 0. The molecular weight excluding hydrogens is 315 g/mol. The molecule has 3 nitrogen and oxygen atoms in total. The second kappa shape index (κ2) is 6.48. The molecule has 0 radical (unpaired) electrons. The molecule has 1 amide bonds. The highest BCUT2D eigenvalue weighted by Crippen LogP contribution is 2.32. The average Bonchev–Trinajstić information content (AvgIpc) is 3.05. The Morgan fingerprint density at radius 3 is 2.52 bits per heavy atom. The number of pyridine rings is 1. The Morgan fingerprint density at radius 2 is 1.76 bits per heavy atom. The van der Waals surface area contributed by atoms with E-state index in [4.69, 9.17) is 0 Å². The normalized spacial score (nSPS) is 15.6. The molecule has 0 bridgehead atoms. The smallest absolute Gasteiger partial charge is 0.251 e. The van der Waals surface area contributed by atoms with Crippen molar-refractivity contribution in [1.82, 2.24) is 10.3 Å². The third-order valence-electron chi connectivity index (χ3n) is 4.62. The number of hydrogen-bond acceptors (Lipinski definition) is 2. The summed E-state index contributed by atoms with van der Waals surface area (Å²) in [4.78, 5) is 16.5. The van der Waals surface area contributed by atoms with Crippen molar-refractivity contribution in [2.24, 2.45) is 0 Å². The van der Waals surface area contributed by atoms with Crippen LogP contribution in [-0.4, -0.2) is 16.9 Å². The lowest BCUT2D eigenvalue weighted by Gasteiger charge is -2.12. The minimum absolute atomic E-state index is 0.0514. The number of halogens is 1. The van der Waals surface area contributed by atoms with Gasteiger partial charge in [0.1, 0.15) is 5.82 Å². The van der Waals surface area contributed by atoms with E-state index in [0.717, 1.165) is 18.4 Å². The fourth-order valence-electron chi connectivity index (χ4n) is 3.42. The topological polar surface area (TPSA) is 42.0 Å². The van der Waals surface area contributed by atoms with Gasteiger partial charge in [0.15, 0.2) is 0 Å². The lowest BCUT2D eigenvalue weighted by molar-refractivity contribution is 0.0938. The fourth-order valence-corrected chi connectivity index (χ4v) is 3.42. The molecule has 1 unspecified atom stereocenters. The molecule has 1 aliphatic rings. The van der Waals surface area contributed by atoms with Gasteiger partial charge in [-0.3, -0.25) is 9.78 Å². The van der Waals surface area contributed by atoms with Crippen LogP contribution in [0, 0.1) is 5.82 Å². The summed E-state index contributed by atoms with van der Waals surface area (Å²) in [6, 6.07) is 16.0. The maximum atomic E-state index is 13.0. The molecule has 0 fully saturated rings. The molecule has 1 aliphatic carbocycles. The zero-order chi connectivity index (χ0) is 17.2.